The molecule has 0 radical (unpaired) electrons. The van der Waals surface area contributed by atoms with E-state index < -0.39 is 18.7 Å². The zero-order valence-electron chi connectivity index (χ0n) is 8.65. The molecule has 0 heterocycles. The lowest BCUT2D eigenvalue weighted by molar-refractivity contribution is 0.0697. The molecule has 0 aliphatic carbocycles. The second kappa shape index (κ2) is 6.07. The summed E-state index contributed by atoms with van der Waals surface area (Å²) in [5.41, 5.74) is 0.282. The summed E-state index contributed by atoms with van der Waals surface area (Å²) in [6, 6.07) is 2.54. The van der Waals surface area contributed by atoms with Crippen LogP contribution in [-0.2, 0) is 0 Å². The Morgan fingerprint density at radius 1 is 1.41 bits per heavy atom. The molecule has 5 nitrogen and oxygen atoms in total. The van der Waals surface area contributed by atoms with Crippen molar-refractivity contribution in [3.63, 3.8) is 0 Å². The Hall–Kier alpha value is -1.01. The van der Waals surface area contributed by atoms with Gasteiger partial charge >= 0.3 is 5.97 Å². The number of carboxylic acid groups (broad SMARTS) is 1. The number of anilines is 1. The van der Waals surface area contributed by atoms with Crippen LogP contribution < -0.4 is 5.32 Å². The van der Waals surface area contributed by atoms with Gasteiger partial charge in [-0.3, -0.25) is 0 Å². The lowest BCUT2D eigenvalue weighted by atomic mass is 10.2. The van der Waals surface area contributed by atoms with Gasteiger partial charge in [0.1, 0.15) is 0 Å². The van der Waals surface area contributed by atoms with Crippen LogP contribution in [0, 0.1) is 0 Å². The molecule has 1 aromatic carbocycles. The number of benzene rings is 1. The number of nitrogens with one attached hydrogen (secondary N) is 1. The number of halogens is 2. The van der Waals surface area contributed by atoms with Crippen LogP contribution in [0.2, 0.25) is 10.0 Å². The summed E-state index contributed by atoms with van der Waals surface area (Å²) < 4.78 is 0. The molecule has 1 aromatic rings. The lowest BCUT2D eigenvalue weighted by Crippen LogP contribution is -2.23. The highest BCUT2D eigenvalue weighted by Gasteiger charge is 2.12. The van der Waals surface area contributed by atoms with Crippen molar-refractivity contribution in [3.8, 4) is 0 Å². The zero-order chi connectivity index (χ0) is 13.0. The van der Waals surface area contributed by atoms with Crippen molar-refractivity contribution in [2.45, 2.75) is 6.10 Å². The Morgan fingerprint density at radius 2 is 2.06 bits per heavy atom. The molecule has 0 amide bonds. The minimum absolute atomic E-state index is 0.0135. The Labute approximate surface area is 108 Å². The predicted octanol–water partition coefficient (Wildman–Crippen LogP) is 1.46. The number of hydrogen-bond acceptors (Lipinski definition) is 4. The van der Waals surface area contributed by atoms with E-state index in [0.29, 0.717) is 5.69 Å². The van der Waals surface area contributed by atoms with Crippen LogP contribution in [0.25, 0.3) is 0 Å². The molecule has 7 heteroatoms. The predicted molar refractivity (Wildman–Crippen MR) is 65.0 cm³/mol. The maximum absolute atomic E-state index is 10.8. The summed E-state index contributed by atoms with van der Waals surface area (Å²) in [5.74, 6) is -1.13. The van der Waals surface area contributed by atoms with Crippen LogP contribution in [0.5, 0.6) is 0 Å². The fourth-order valence-corrected chi connectivity index (χ4v) is 1.53. The minimum Gasteiger partial charge on any atom is -0.478 e. The highest BCUT2D eigenvalue weighted by Crippen LogP contribution is 2.31. The smallest absolute Gasteiger partial charge is 0.335 e. The Balaban J connectivity index is 2.93. The van der Waals surface area contributed by atoms with Crippen LogP contribution in [0.3, 0.4) is 0 Å². The van der Waals surface area contributed by atoms with Gasteiger partial charge in [0.15, 0.2) is 0 Å². The molecule has 0 spiro atoms. The normalized spacial score (nSPS) is 12.2. The molecular formula is C10H11Cl2NO4. The van der Waals surface area contributed by atoms with Crippen molar-refractivity contribution >= 4 is 34.9 Å². The fraction of sp³-hybridized carbons (Fsp3) is 0.300. The SMILES string of the molecule is O=C(O)c1cc(Cl)c(Cl)c(NCC(O)CO)c1. The number of aliphatic hydroxyl groups is 2. The molecule has 1 rings (SSSR count). The molecule has 94 valence electrons. The number of aromatic carboxylic acids is 1. The standard InChI is InChI=1S/C10H11Cl2NO4/c11-7-1-5(10(16)17)2-8(9(7)12)13-3-6(15)4-14/h1-2,6,13-15H,3-4H2,(H,16,17). The largest absolute Gasteiger partial charge is 0.478 e. The van der Waals surface area contributed by atoms with E-state index in [-0.39, 0.29) is 22.2 Å². The van der Waals surface area contributed by atoms with E-state index >= 15 is 0 Å². The molecule has 0 bridgehead atoms. The van der Waals surface area contributed by atoms with E-state index in [9.17, 15) is 4.79 Å². The first-order valence-corrected chi connectivity index (χ1v) is 5.46. The van der Waals surface area contributed by atoms with E-state index in [0.717, 1.165) is 0 Å². The summed E-state index contributed by atoms with van der Waals surface area (Å²) in [6.07, 6.45) is -0.960. The number of rotatable bonds is 5. The number of aliphatic hydroxyl groups excluding tert-OH is 2. The lowest BCUT2D eigenvalue weighted by Gasteiger charge is -2.13. The summed E-state index contributed by atoms with van der Waals surface area (Å²) in [7, 11) is 0. The molecular weight excluding hydrogens is 269 g/mol. The van der Waals surface area contributed by atoms with Crippen molar-refractivity contribution < 1.29 is 20.1 Å². The van der Waals surface area contributed by atoms with Gasteiger partial charge in [-0.25, -0.2) is 4.79 Å². The van der Waals surface area contributed by atoms with Gasteiger partial charge in [-0.15, -0.1) is 0 Å². The van der Waals surface area contributed by atoms with Crippen molar-refractivity contribution in [1.29, 1.82) is 0 Å². The summed E-state index contributed by atoms with van der Waals surface area (Å²) in [6.45, 7) is -0.368. The fourth-order valence-electron chi connectivity index (χ4n) is 1.13. The van der Waals surface area contributed by atoms with Crippen molar-refractivity contribution in [3.05, 3.63) is 27.7 Å². The van der Waals surface area contributed by atoms with Crippen LogP contribution >= 0.6 is 23.2 Å². The maximum atomic E-state index is 10.8. The van der Waals surface area contributed by atoms with Gasteiger partial charge in [0.2, 0.25) is 0 Å². The monoisotopic (exact) mass is 279 g/mol. The molecule has 0 saturated carbocycles. The molecule has 0 fully saturated rings. The molecule has 17 heavy (non-hydrogen) atoms. The van der Waals surface area contributed by atoms with Gasteiger partial charge in [0.05, 0.1) is 34.0 Å². The molecule has 0 saturated heterocycles. The van der Waals surface area contributed by atoms with Crippen molar-refractivity contribution in [1.82, 2.24) is 0 Å². The van der Waals surface area contributed by atoms with Crippen LogP contribution in [-0.4, -0.2) is 40.5 Å². The Bertz CT molecular complexity index is 425. The summed E-state index contributed by atoms with van der Waals surface area (Å²) >= 11 is 11.6. The van der Waals surface area contributed by atoms with Crippen molar-refractivity contribution in [2.75, 3.05) is 18.5 Å². The number of carbonyl (C=O) groups is 1. The average molecular weight is 280 g/mol. The first-order chi connectivity index (χ1) is 7.95. The van der Waals surface area contributed by atoms with Crippen LogP contribution in [0.1, 0.15) is 10.4 Å². The molecule has 0 aliphatic rings. The third kappa shape index (κ3) is 3.74. The topological polar surface area (TPSA) is 89.8 Å². The Kier molecular flexibility index (Phi) is 5.02. The van der Waals surface area contributed by atoms with E-state index in [1.807, 2.05) is 0 Å². The van der Waals surface area contributed by atoms with Gasteiger partial charge in [0.25, 0.3) is 0 Å². The van der Waals surface area contributed by atoms with Gasteiger partial charge in [0, 0.05) is 6.54 Å². The molecule has 4 N–H and O–H groups in total. The number of carboxylic acids is 1. The van der Waals surface area contributed by atoms with E-state index in [1.165, 1.54) is 12.1 Å². The van der Waals surface area contributed by atoms with E-state index in [2.05, 4.69) is 5.32 Å². The first kappa shape index (κ1) is 14.1. The first-order valence-electron chi connectivity index (χ1n) is 4.70. The third-order valence-electron chi connectivity index (χ3n) is 2.01. The quantitative estimate of drug-likeness (QED) is 0.655. The van der Waals surface area contributed by atoms with E-state index in [4.69, 9.17) is 38.5 Å². The minimum atomic E-state index is -1.13. The molecule has 1 atom stereocenters. The maximum Gasteiger partial charge on any atom is 0.335 e. The average Bonchev–Trinajstić information content (AvgIpc) is 2.30. The van der Waals surface area contributed by atoms with Gasteiger partial charge in [-0.1, -0.05) is 23.2 Å². The summed E-state index contributed by atoms with van der Waals surface area (Å²) in [5, 5.41) is 29.6. The summed E-state index contributed by atoms with van der Waals surface area (Å²) in [4.78, 5) is 10.8. The van der Waals surface area contributed by atoms with Crippen molar-refractivity contribution in [2.24, 2.45) is 0 Å². The molecule has 0 aliphatic heterocycles. The number of hydrogen-bond donors (Lipinski definition) is 4. The van der Waals surface area contributed by atoms with Gasteiger partial charge < -0.3 is 20.6 Å². The third-order valence-corrected chi connectivity index (χ3v) is 2.82. The van der Waals surface area contributed by atoms with Crippen LogP contribution in [0.15, 0.2) is 12.1 Å². The second-order valence-electron chi connectivity index (χ2n) is 3.34. The molecule has 1 unspecified atom stereocenters. The Morgan fingerprint density at radius 3 is 2.59 bits per heavy atom. The highest BCUT2D eigenvalue weighted by atomic mass is 35.5. The zero-order valence-corrected chi connectivity index (χ0v) is 10.2. The van der Waals surface area contributed by atoms with Crippen LogP contribution in [0.4, 0.5) is 5.69 Å². The second-order valence-corrected chi connectivity index (χ2v) is 4.13. The molecule has 0 aromatic heterocycles. The van der Waals surface area contributed by atoms with E-state index in [1.54, 1.807) is 0 Å². The van der Waals surface area contributed by atoms with Gasteiger partial charge in [-0.05, 0) is 12.1 Å². The highest BCUT2D eigenvalue weighted by molar-refractivity contribution is 6.44. The van der Waals surface area contributed by atoms with Gasteiger partial charge in [-0.2, -0.15) is 0 Å².